The lowest BCUT2D eigenvalue weighted by molar-refractivity contribution is 0.199. The lowest BCUT2D eigenvalue weighted by Crippen LogP contribution is -2.31. The van der Waals surface area contributed by atoms with Crippen LogP contribution in [0, 0.1) is 0 Å². The highest BCUT2D eigenvalue weighted by atomic mass is 16.3. The standard InChI is InChI=1S/C20H26N4O/c1-3-17-11-19(23-20(21-17)22-18-6-7-18)24-9-8-15-10-14(13(2)25)4-5-16(15)12-24/h4-5,10-11,13,18,25H,3,6-9,12H2,1-2H3,(H,21,22,23)/t13-/m1/s1. The lowest BCUT2D eigenvalue weighted by Gasteiger charge is -2.30. The van der Waals surface area contributed by atoms with Crippen LogP contribution in [0.5, 0.6) is 0 Å². The number of aromatic nitrogens is 2. The number of aliphatic hydroxyl groups excluding tert-OH is 1. The number of aliphatic hydroxyl groups is 1. The number of benzene rings is 1. The molecule has 25 heavy (non-hydrogen) atoms. The minimum atomic E-state index is -0.409. The first-order valence-corrected chi connectivity index (χ1v) is 9.31. The Hall–Kier alpha value is -2.14. The Morgan fingerprint density at radius 1 is 1.24 bits per heavy atom. The Kier molecular flexibility index (Phi) is 4.34. The molecule has 1 atom stereocenters. The van der Waals surface area contributed by atoms with E-state index in [1.54, 1.807) is 0 Å². The monoisotopic (exact) mass is 338 g/mol. The van der Waals surface area contributed by atoms with Crippen molar-refractivity contribution in [3.8, 4) is 0 Å². The van der Waals surface area contributed by atoms with E-state index < -0.39 is 6.10 Å². The molecule has 0 radical (unpaired) electrons. The molecule has 2 N–H and O–H groups in total. The molecule has 0 saturated heterocycles. The molecule has 1 aromatic heterocycles. The zero-order valence-corrected chi connectivity index (χ0v) is 15.0. The van der Waals surface area contributed by atoms with Crippen LogP contribution in [0.2, 0.25) is 0 Å². The van der Waals surface area contributed by atoms with Gasteiger partial charge >= 0.3 is 0 Å². The highest BCUT2D eigenvalue weighted by Crippen LogP contribution is 2.28. The molecule has 5 heteroatoms. The van der Waals surface area contributed by atoms with Gasteiger partial charge in [0.1, 0.15) is 5.82 Å². The van der Waals surface area contributed by atoms with Gasteiger partial charge < -0.3 is 15.3 Å². The number of fused-ring (bicyclic) bond motifs is 1. The summed E-state index contributed by atoms with van der Waals surface area (Å²) in [5.74, 6) is 1.78. The van der Waals surface area contributed by atoms with Crippen molar-refractivity contribution in [2.75, 3.05) is 16.8 Å². The SMILES string of the molecule is CCc1cc(N2CCc3cc([C@@H](C)O)ccc3C2)nc(NC2CC2)n1. The molecule has 2 aromatic rings. The maximum absolute atomic E-state index is 9.79. The Morgan fingerprint density at radius 3 is 2.80 bits per heavy atom. The normalized spacial score (nSPS) is 18.0. The Bertz CT molecular complexity index is 770. The van der Waals surface area contributed by atoms with Crippen LogP contribution in [0.4, 0.5) is 11.8 Å². The summed E-state index contributed by atoms with van der Waals surface area (Å²) < 4.78 is 0. The number of rotatable bonds is 5. The van der Waals surface area contributed by atoms with Crippen molar-refractivity contribution in [1.29, 1.82) is 0 Å². The second-order valence-electron chi connectivity index (χ2n) is 7.19. The third-order valence-electron chi connectivity index (χ3n) is 5.09. The minimum Gasteiger partial charge on any atom is -0.389 e. The van der Waals surface area contributed by atoms with Gasteiger partial charge in [0.05, 0.1) is 6.10 Å². The zero-order chi connectivity index (χ0) is 17.4. The van der Waals surface area contributed by atoms with E-state index in [2.05, 4.69) is 40.3 Å². The Labute approximate surface area is 149 Å². The van der Waals surface area contributed by atoms with Gasteiger partial charge in [-0.25, -0.2) is 4.98 Å². The third-order valence-corrected chi connectivity index (χ3v) is 5.09. The van der Waals surface area contributed by atoms with Crippen LogP contribution in [-0.4, -0.2) is 27.7 Å². The highest BCUT2D eigenvalue weighted by molar-refractivity contribution is 5.49. The molecular weight excluding hydrogens is 312 g/mol. The average Bonchev–Trinajstić information content (AvgIpc) is 3.44. The molecule has 5 nitrogen and oxygen atoms in total. The van der Waals surface area contributed by atoms with Crippen molar-refractivity contribution < 1.29 is 5.11 Å². The first-order chi connectivity index (χ1) is 12.1. The molecule has 0 amide bonds. The van der Waals surface area contributed by atoms with Gasteiger partial charge in [-0.1, -0.05) is 25.1 Å². The molecule has 1 aromatic carbocycles. The van der Waals surface area contributed by atoms with Gasteiger partial charge in [-0.15, -0.1) is 0 Å². The van der Waals surface area contributed by atoms with Crippen molar-refractivity contribution in [1.82, 2.24) is 9.97 Å². The molecule has 132 valence electrons. The summed E-state index contributed by atoms with van der Waals surface area (Å²) in [5, 5.41) is 13.2. The molecule has 1 fully saturated rings. The maximum atomic E-state index is 9.79. The maximum Gasteiger partial charge on any atom is 0.225 e. The smallest absolute Gasteiger partial charge is 0.225 e. The summed E-state index contributed by atoms with van der Waals surface area (Å²) in [5.41, 5.74) is 4.75. The Morgan fingerprint density at radius 2 is 2.08 bits per heavy atom. The molecule has 4 rings (SSSR count). The quantitative estimate of drug-likeness (QED) is 0.876. The van der Waals surface area contributed by atoms with Gasteiger partial charge in [0.15, 0.2) is 0 Å². The summed E-state index contributed by atoms with van der Waals surface area (Å²) >= 11 is 0. The predicted octanol–water partition coefficient (Wildman–Crippen LogP) is 3.23. The number of nitrogens with one attached hydrogen (secondary N) is 1. The molecule has 2 heterocycles. The minimum absolute atomic E-state index is 0.409. The van der Waals surface area contributed by atoms with E-state index in [-0.39, 0.29) is 0 Å². The molecular formula is C20H26N4O. The fourth-order valence-electron chi connectivity index (χ4n) is 3.33. The molecule has 0 unspecified atom stereocenters. The average molecular weight is 338 g/mol. The van der Waals surface area contributed by atoms with Gasteiger partial charge in [-0.05, 0) is 49.3 Å². The molecule has 1 aliphatic heterocycles. The number of hydrogen-bond acceptors (Lipinski definition) is 5. The number of hydrogen-bond donors (Lipinski definition) is 2. The lowest BCUT2D eigenvalue weighted by atomic mass is 9.96. The van der Waals surface area contributed by atoms with Crippen LogP contribution in [0.1, 0.15) is 55.2 Å². The first kappa shape index (κ1) is 16.3. The fourth-order valence-corrected chi connectivity index (χ4v) is 3.33. The van der Waals surface area contributed by atoms with Crippen LogP contribution < -0.4 is 10.2 Å². The summed E-state index contributed by atoms with van der Waals surface area (Å²) in [6.07, 6.45) is 3.92. The van der Waals surface area contributed by atoms with Gasteiger partial charge in [0, 0.05) is 30.9 Å². The van der Waals surface area contributed by atoms with E-state index in [0.29, 0.717) is 6.04 Å². The van der Waals surface area contributed by atoms with E-state index >= 15 is 0 Å². The fraction of sp³-hybridized carbons (Fsp3) is 0.500. The molecule has 0 spiro atoms. The predicted molar refractivity (Wildman–Crippen MR) is 99.9 cm³/mol. The van der Waals surface area contributed by atoms with E-state index in [1.165, 1.54) is 24.0 Å². The molecule has 1 saturated carbocycles. The largest absolute Gasteiger partial charge is 0.389 e. The number of nitrogens with zero attached hydrogens (tertiary/aromatic N) is 3. The van der Waals surface area contributed by atoms with Gasteiger partial charge in [0.2, 0.25) is 5.95 Å². The first-order valence-electron chi connectivity index (χ1n) is 9.31. The summed E-state index contributed by atoms with van der Waals surface area (Å²) in [4.78, 5) is 11.7. The van der Waals surface area contributed by atoms with Gasteiger partial charge in [-0.2, -0.15) is 4.98 Å². The van der Waals surface area contributed by atoms with Crippen LogP contribution in [0.25, 0.3) is 0 Å². The highest BCUT2D eigenvalue weighted by Gasteiger charge is 2.24. The van der Waals surface area contributed by atoms with Crippen LogP contribution >= 0.6 is 0 Å². The van der Waals surface area contributed by atoms with Crippen LogP contribution in [0.3, 0.4) is 0 Å². The molecule has 0 bridgehead atoms. The van der Waals surface area contributed by atoms with Crippen LogP contribution in [0.15, 0.2) is 24.3 Å². The van der Waals surface area contributed by atoms with Crippen molar-refractivity contribution >= 4 is 11.8 Å². The Balaban J connectivity index is 1.58. The van der Waals surface area contributed by atoms with E-state index in [1.807, 2.05) is 13.0 Å². The van der Waals surface area contributed by atoms with Gasteiger partial charge in [0.25, 0.3) is 0 Å². The topological polar surface area (TPSA) is 61.3 Å². The zero-order valence-electron chi connectivity index (χ0n) is 15.0. The van der Waals surface area contributed by atoms with Crippen molar-refractivity contribution in [2.24, 2.45) is 0 Å². The summed E-state index contributed by atoms with van der Waals surface area (Å²) in [6, 6.07) is 9.00. The second-order valence-corrected chi connectivity index (χ2v) is 7.19. The number of anilines is 2. The second kappa shape index (κ2) is 6.64. The van der Waals surface area contributed by atoms with Crippen molar-refractivity contribution in [3.05, 3.63) is 46.6 Å². The number of aryl methyl sites for hydroxylation is 1. The van der Waals surface area contributed by atoms with Gasteiger partial charge in [-0.3, -0.25) is 0 Å². The van der Waals surface area contributed by atoms with Crippen molar-refractivity contribution in [3.63, 3.8) is 0 Å². The van der Waals surface area contributed by atoms with Crippen molar-refractivity contribution in [2.45, 2.75) is 58.2 Å². The summed E-state index contributed by atoms with van der Waals surface area (Å²) in [6.45, 7) is 5.76. The molecule has 2 aliphatic rings. The van der Waals surface area contributed by atoms with E-state index in [9.17, 15) is 5.11 Å². The van der Waals surface area contributed by atoms with E-state index in [0.717, 1.165) is 49.0 Å². The molecule has 1 aliphatic carbocycles. The van der Waals surface area contributed by atoms with Crippen LogP contribution in [-0.2, 0) is 19.4 Å². The van der Waals surface area contributed by atoms with E-state index in [4.69, 9.17) is 4.98 Å². The summed E-state index contributed by atoms with van der Waals surface area (Å²) in [7, 11) is 0. The third kappa shape index (κ3) is 3.61.